The number of hydrogen-bond donors (Lipinski definition) is 1. The summed E-state index contributed by atoms with van der Waals surface area (Å²) in [5.41, 5.74) is -0.460. The van der Waals surface area contributed by atoms with Crippen LogP contribution in [0.4, 0.5) is 37.7 Å². The van der Waals surface area contributed by atoms with E-state index in [1.54, 1.807) is 4.90 Å². The number of hydrogen-bond acceptors (Lipinski definition) is 5. The van der Waals surface area contributed by atoms with Crippen molar-refractivity contribution in [2.24, 2.45) is 0 Å². The Morgan fingerprint density at radius 3 is 2.34 bits per heavy atom. The Hall–Kier alpha value is -3.02. The summed E-state index contributed by atoms with van der Waals surface area (Å²) >= 11 is 0. The molecule has 2 aromatic rings. The lowest BCUT2D eigenvalue weighted by Gasteiger charge is -2.34. The summed E-state index contributed by atoms with van der Waals surface area (Å²) in [6.45, 7) is 4.46. The molecule has 4 rings (SSSR count). The number of alkyl halides is 6. The van der Waals surface area contributed by atoms with Crippen LogP contribution in [0.25, 0.3) is 0 Å². The number of anilines is 2. The highest BCUT2D eigenvalue weighted by atomic mass is 19.4. The summed E-state index contributed by atoms with van der Waals surface area (Å²) in [6.07, 6.45) is -4.04. The molecule has 6 nitrogen and oxygen atoms in total. The van der Waals surface area contributed by atoms with Crippen molar-refractivity contribution in [3.05, 3.63) is 53.9 Å². The quantitative estimate of drug-likeness (QED) is 0.513. The smallest absolute Gasteiger partial charge is 0.379 e. The third-order valence-corrected chi connectivity index (χ3v) is 7.00. The van der Waals surface area contributed by atoms with E-state index in [2.05, 4.69) is 20.1 Å². The summed E-state index contributed by atoms with van der Waals surface area (Å²) in [5.74, 6) is 0.00232. The van der Waals surface area contributed by atoms with Crippen molar-refractivity contribution in [3.8, 4) is 0 Å². The largest absolute Gasteiger partial charge is 0.417 e. The van der Waals surface area contributed by atoms with Crippen molar-refractivity contribution in [2.75, 3.05) is 56.0 Å². The Kier molecular flexibility index (Phi) is 8.69. The van der Waals surface area contributed by atoms with Gasteiger partial charge in [-0.05, 0) is 56.1 Å². The second-order valence-electron chi connectivity index (χ2n) is 9.76. The number of benzene rings is 1. The van der Waals surface area contributed by atoms with Gasteiger partial charge in [-0.1, -0.05) is 0 Å². The molecule has 12 heteroatoms. The maximum atomic E-state index is 13.0. The number of likely N-dealkylation sites (tertiary alicyclic amines) is 1. The standard InChI is InChI=1S/C26H31F6N5O/c27-25(28,29)19-4-6-23(7-5-19)36-11-2-9-35(13-14-36)12-8-24(38)37-10-1-3-21(18-37)34-22-15-20(16-33-17-22)26(30,31)32/h4-7,15-17,21,34H,1-3,8-14,18H2. The van der Waals surface area contributed by atoms with Crippen molar-refractivity contribution >= 4 is 17.3 Å². The molecular weight excluding hydrogens is 512 g/mol. The fourth-order valence-electron chi connectivity index (χ4n) is 4.96. The first-order chi connectivity index (χ1) is 18.0. The molecule has 3 heterocycles. The molecule has 208 valence electrons. The highest BCUT2D eigenvalue weighted by Gasteiger charge is 2.32. The molecule has 0 spiro atoms. The topological polar surface area (TPSA) is 51.7 Å². The molecular formula is C26H31F6N5O. The number of carbonyl (C=O) groups excluding carboxylic acids is 1. The average molecular weight is 544 g/mol. The van der Waals surface area contributed by atoms with Crippen LogP contribution in [0.2, 0.25) is 0 Å². The number of carbonyl (C=O) groups is 1. The number of halogens is 6. The fraction of sp³-hybridized carbons (Fsp3) is 0.538. The highest BCUT2D eigenvalue weighted by molar-refractivity contribution is 5.76. The minimum absolute atomic E-state index is 0.00232. The van der Waals surface area contributed by atoms with Crippen LogP contribution in [-0.2, 0) is 17.1 Å². The van der Waals surface area contributed by atoms with Crippen molar-refractivity contribution in [1.82, 2.24) is 14.8 Å². The van der Waals surface area contributed by atoms with E-state index >= 15 is 0 Å². The summed E-state index contributed by atoms with van der Waals surface area (Å²) in [4.78, 5) is 22.6. The lowest BCUT2D eigenvalue weighted by atomic mass is 10.0. The molecule has 0 aliphatic carbocycles. The van der Waals surface area contributed by atoms with E-state index in [1.165, 1.54) is 18.3 Å². The van der Waals surface area contributed by atoms with Crippen LogP contribution in [0, 0.1) is 0 Å². The maximum Gasteiger partial charge on any atom is 0.417 e. The van der Waals surface area contributed by atoms with E-state index in [0.29, 0.717) is 39.1 Å². The molecule has 1 unspecified atom stereocenters. The Bertz CT molecular complexity index is 1080. The van der Waals surface area contributed by atoms with Crippen molar-refractivity contribution in [2.45, 2.75) is 44.1 Å². The van der Waals surface area contributed by atoms with Gasteiger partial charge in [0.25, 0.3) is 0 Å². The van der Waals surface area contributed by atoms with Gasteiger partial charge in [0.15, 0.2) is 0 Å². The molecule has 1 amide bonds. The molecule has 0 saturated carbocycles. The van der Waals surface area contributed by atoms with Crippen LogP contribution in [0.5, 0.6) is 0 Å². The molecule has 0 bridgehead atoms. The lowest BCUT2D eigenvalue weighted by Crippen LogP contribution is -2.46. The van der Waals surface area contributed by atoms with E-state index in [9.17, 15) is 31.1 Å². The highest BCUT2D eigenvalue weighted by Crippen LogP contribution is 2.31. The molecule has 1 atom stereocenters. The van der Waals surface area contributed by atoms with Crippen LogP contribution < -0.4 is 10.2 Å². The monoisotopic (exact) mass is 543 g/mol. The van der Waals surface area contributed by atoms with Gasteiger partial charge in [0.2, 0.25) is 5.91 Å². The molecule has 2 saturated heterocycles. The second kappa shape index (κ2) is 11.8. The van der Waals surface area contributed by atoms with Gasteiger partial charge in [-0.15, -0.1) is 0 Å². The predicted molar refractivity (Wildman–Crippen MR) is 132 cm³/mol. The number of nitrogens with zero attached hydrogens (tertiary/aromatic N) is 4. The summed E-state index contributed by atoms with van der Waals surface area (Å²) in [7, 11) is 0. The van der Waals surface area contributed by atoms with Gasteiger partial charge in [0, 0.05) is 69.8 Å². The average Bonchev–Trinajstić information content (AvgIpc) is 3.12. The van der Waals surface area contributed by atoms with E-state index < -0.39 is 23.5 Å². The zero-order chi connectivity index (χ0) is 27.3. The van der Waals surface area contributed by atoms with E-state index in [1.807, 2.05) is 0 Å². The van der Waals surface area contributed by atoms with Gasteiger partial charge >= 0.3 is 12.4 Å². The first-order valence-corrected chi connectivity index (χ1v) is 12.7. The molecule has 2 aliphatic rings. The first kappa shape index (κ1) is 28.0. The van der Waals surface area contributed by atoms with Gasteiger partial charge in [-0.25, -0.2) is 0 Å². The maximum absolute atomic E-state index is 13.0. The van der Waals surface area contributed by atoms with E-state index in [-0.39, 0.29) is 17.6 Å². The zero-order valence-corrected chi connectivity index (χ0v) is 20.9. The van der Waals surface area contributed by atoms with Crippen LogP contribution >= 0.6 is 0 Å². The zero-order valence-electron chi connectivity index (χ0n) is 20.9. The third kappa shape index (κ3) is 7.52. The minimum Gasteiger partial charge on any atom is -0.379 e. The van der Waals surface area contributed by atoms with Gasteiger partial charge in [0.05, 0.1) is 16.8 Å². The van der Waals surface area contributed by atoms with Crippen molar-refractivity contribution < 1.29 is 31.1 Å². The molecule has 2 aliphatic heterocycles. The van der Waals surface area contributed by atoms with Crippen LogP contribution in [0.15, 0.2) is 42.7 Å². The summed E-state index contributed by atoms with van der Waals surface area (Å²) < 4.78 is 77.4. The minimum atomic E-state index is -4.47. The number of piperidine rings is 1. The fourth-order valence-corrected chi connectivity index (χ4v) is 4.96. The number of pyridine rings is 1. The predicted octanol–water partition coefficient (Wildman–Crippen LogP) is 5.12. The first-order valence-electron chi connectivity index (χ1n) is 12.7. The molecule has 38 heavy (non-hydrogen) atoms. The van der Waals surface area contributed by atoms with E-state index in [0.717, 1.165) is 62.4 Å². The van der Waals surface area contributed by atoms with Crippen LogP contribution in [0.3, 0.4) is 0 Å². The summed E-state index contributed by atoms with van der Waals surface area (Å²) in [6, 6.07) is 6.06. The van der Waals surface area contributed by atoms with E-state index in [4.69, 9.17) is 0 Å². The number of aromatic nitrogens is 1. The second-order valence-corrected chi connectivity index (χ2v) is 9.76. The Morgan fingerprint density at radius 1 is 0.895 bits per heavy atom. The van der Waals surface area contributed by atoms with Crippen LogP contribution in [-0.4, -0.2) is 72.5 Å². The molecule has 1 N–H and O–H groups in total. The Labute approximate surface area is 217 Å². The van der Waals surface area contributed by atoms with Gasteiger partial charge in [-0.3, -0.25) is 9.78 Å². The number of amides is 1. The van der Waals surface area contributed by atoms with Crippen molar-refractivity contribution in [3.63, 3.8) is 0 Å². The molecule has 0 radical (unpaired) electrons. The number of nitrogens with one attached hydrogen (secondary N) is 1. The van der Waals surface area contributed by atoms with Gasteiger partial charge in [0.1, 0.15) is 0 Å². The summed E-state index contributed by atoms with van der Waals surface area (Å²) in [5, 5.41) is 3.09. The number of rotatable bonds is 6. The van der Waals surface area contributed by atoms with Gasteiger partial charge in [-0.2, -0.15) is 26.3 Å². The Morgan fingerprint density at radius 2 is 1.63 bits per heavy atom. The molecule has 2 fully saturated rings. The molecule has 1 aromatic carbocycles. The normalized spacial score (nSPS) is 19.8. The SMILES string of the molecule is O=C(CCN1CCCN(c2ccc(C(F)(F)F)cc2)CC1)N1CCCC(Nc2cncc(C(F)(F)F)c2)C1. The third-order valence-electron chi connectivity index (χ3n) is 7.00. The van der Waals surface area contributed by atoms with Gasteiger partial charge < -0.3 is 20.0 Å². The Balaban J connectivity index is 1.24. The molecule has 1 aromatic heterocycles. The van der Waals surface area contributed by atoms with Crippen LogP contribution in [0.1, 0.15) is 36.8 Å². The van der Waals surface area contributed by atoms with Crippen molar-refractivity contribution in [1.29, 1.82) is 0 Å². The lowest BCUT2D eigenvalue weighted by molar-refractivity contribution is -0.138.